The Morgan fingerprint density at radius 2 is 1.91 bits per heavy atom. The van der Waals surface area contributed by atoms with Crippen molar-refractivity contribution >= 4 is 11.9 Å². The second-order valence-corrected chi connectivity index (χ2v) is 5.24. The Balaban J connectivity index is 2.17. The average molecular weight is 301 g/mol. The lowest BCUT2D eigenvalue weighted by Gasteiger charge is -2.18. The van der Waals surface area contributed by atoms with Crippen LogP contribution < -0.4 is 5.32 Å². The summed E-state index contributed by atoms with van der Waals surface area (Å²) < 4.78 is 5.41. The Hall–Kier alpha value is -2.56. The van der Waals surface area contributed by atoms with Crippen molar-refractivity contribution in [3.8, 4) is 0 Å². The third kappa shape index (κ3) is 3.97. The lowest BCUT2D eigenvalue weighted by atomic mass is 10.0. The molecule has 1 aromatic heterocycles. The summed E-state index contributed by atoms with van der Waals surface area (Å²) in [5.74, 6) is -0.275. The van der Waals surface area contributed by atoms with E-state index in [1.165, 1.54) is 0 Å². The van der Waals surface area contributed by atoms with Gasteiger partial charge in [-0.25, -0.2) is 0 Å². The number of carbonyl (C=O) groups excluding carboxylic acids is 1. The van der Waals surface area contributed by atoms with E-state index in [0.29, 0.717) is 12.2 Å². The molecule has 2 rings (SSSR count). The van der Waals surface area contributed by atoms with Crippen LogP contribution in [-0.4, -0.2) is 17.0 Å². The molecule has 22 heavy (non-hydrogen) atoms. The Morgan fingerprint density at radius 1 is 1.23 bits per heavy atom. The van der Waals surface area contributed by atoms with E-state index in [4.69, 9.17) is 9.52 Å². The van der Waals surface area contributed by atoms with Gasteiger partial charge in [-0.2, -0.15) is 0 Å². The predicted octanol–water partition coefficient (Wildman–Crippen LogP) is 3.23. The van der Waals surface area contributed by atoms with Gasteiger partial charge < -0.3 is 14.8 Å². The van der Waals surface area contributed by atoms with Crippen LogP contribution in [0.25, 0.3) is 0 Å². The van der Waals surface area contributed by atoms with E-state index in [-0.39, 0.29) is 24.1 Å². The fraction of sp³-hybridized carbons (Fsp3) is 0.294. The maximum Gasteiger partial charge on any atom is 0.303 e. The van der Waals surface area contributed by atoms with Gasteiger partial charge in [0, 0.05) is 12.0 Å². The first-order valence-electron chi connectivity index (χ1n) is 7.12. The number of hydrogen-bond acceptors (Lipinski definition) is 3. The number of hydrogen-bond donors (Lipinski definition) is 2. The molecule has 5 nitrogen and oxygen atoms in total. The number of carboxylic acid groups (broad SMARTS) is 1. The van der Waals surface area contributed by atoms with Crippen LogP contribution >= 0.6 is 0 Å². The number of rotatable bonds is 6. The molecule has 1 unspecified atom stereocenters. The highest BCUT2D eigenvalue weighted by Gasteiger charge is 2.20. The van der Waals surface area contributed by atoms with Gasteiger partial charge in [-0.05, 0) is 31.9 Å². The summed E-state index contributed by atoms with van der Waals surface area (Å²) in [7, 11) is 0. The van der Waals surface area contributed by atoms with E-state index < -0.39 is 5.97 Å². The van der Waals surface area contributed by atoms with Gasteiger partial charge >= 0.3 is 5.97 Å². The van der Waals surface area contributed by atoms with E-state index in [0.717, 1.165) is 11.1 Å². The standard InChI is InChI=1S/C17H19NO4/c1-11-10-12(2)22-16(11)17(21)18-14(8-9-15(19)20)13-6-4-3-5-7-13/h3-7,10,14H,8-9H2,1-2H3,(H,18,21)(H,19,20). The van der Waals surface area contributed by atoms with E-state index in [1.54, 1.807) is 19.9 Å². The highest BCUT2D eigenvalue weighted by molar-refractivity contribution is 5.93. The molecule has 1 heterocycles. The molecule has 0 aliphatic heterocycles. The highest BCUT2D eigenvalue weighted by atomic mass is 16.4. The zero-order valence-corrected chi connectivity index (χ0v) is 12.6. The van der Waals surface area contributed by atoms with Gasteiger partial charge in [-0.15, -0.1) is 0 Å². The number of benzene rings is 1. The largest absolute Gasteiger partial charge is 0.481 e. The monoisotopic (exact) mass is 301 g/mol. The van der Waals surface area contributed by atoms with Crippen LogP contribution in [0.3, 0.4) is 0 Å². The predicted molar refractivity (Wildman–Crippen MR) is 81.7 cm³/mol. The van der Waals surface area contributed by atoms with Crippen molar-refractivity contribution in [1.29, 1.82) is 0 Å². The molecule has 116 valence electrons. The minimum Gasteiger partial charge on any atom is -0.481 e. The Morgan fingerprint density at radius 3 is 2.45 bits per heavy atom. The molecule has 5 heteroatoms. The SMILES string of the molecule is Cc1cc(C)c(C(=O)NC(CCC(=O)O)c2ccccc2)o1. The Labute approximate surface area is 129 Å². The highest BCUT2D eigenvalue weighted by Crippen LogP contribution is 2.21. The normalized spacial score (nSPS) is 11.9. The molecule has 0 bridgehead atoms. The first-order chi connectivity index (χ1) is 10.5. The summed E-state index contributed by atoms with van der Waals surface area (Å²) >= 11 is 0. The maximum atomic E-state index is 12.4. The van der Waals surface area contributed by atoms with Crippen LogP contribution in [0.5, 0.6) is 0 Å². The van der Waals surface area contributed by atoms with Gasteiger partial charge in [0.25, 0.3) is 5.91 Å². The molecule has 0 saturated heterocycles. The minimum atomic E-state index is -0.889. The molecule has 0 radical (unpaired) electrons. The zero-order chi connectivity index (χ0) is 16.1. The fourth-order valence-electron chi connectivity index (χ4n) is 2.37. The molecule has 0 fully saturated rings. The van der Waals surface area contributed by atoms with Crippen LogP contribution in [0.4, 0.5) is 0 Å². The first kappa shape index (κ1) is 15.8. The molecular formula is C17H19NO4. The molecule has 0 spiro atoms. The van der Waals surface area contributed by atoms with Crippen molar-refractivity contribution in [2.24, 2.45) is 0 Å². The summed E-state index contributed by atoms with van der Waals surface area (Å²) in [5.41, 5.74) is 1.64. The molecule has 1 atom stereocenters. The molecule has 2 aromatic rings. The number of nitrogens with one attached hydrogen (secondary N) is 1. The number of amides is 1. The third-order valence-electron chi connectivity index (χ3n) is 3.40. The molecular weight excluding hydrogens is 282 g/mol. The lowest BCUT2D eigenvalue weighted by molar-refractivity contribution is -0.137. The zero-order valence-electron chi connectivity index (χ0n) is 12.6. The second-order valence-electron chi connectivity index (χ2n) is 5.24. The van der Waals surface area contributed by atoms with Gasteiger partial charge in [0.1, 0.15) is 5.76 Å². The Bertz CT molecular complexity index is 661. The maximum absolute atomic E-state index is 12.4. The minimum absolute atomic E-state index is 0.0179. The van der Waals surface area contributed by atoms with Crippen molar-refractivity contribution in [3.05, 3.63) is 59.0 Å². The van der Waals surface area contributed by atoms with Gasteiger partial charge in [0.15, 0.2) is 5.76 Å². The number of furan rings is 1. The van der Waals surface area contributed by atoms with Crippen molar-refractivity contribution in [2.45, 2.75) is 32.7 Å². The third-order valence-corrected chi connectivity index (χ3v) is 3.40. The Kier molecular flexibility index (Phi) is 4.99. The van der Waals surface area contributed by atoms with Crippen molar-refractivity contribution < 1.29 is 19.1 Å². The molecule has 1 aromatic carbocycles. The molecule has 1 amide bonds. The number of aryl methyl sites for hydroxylation is 2. The van der Waals surface area contributed by atoms with Crippen LogP contribution in [-0.2, 0) is 4.79 Å². The summed E-state index contributed by atoms with van der Waals surface area (Å²) in [4.78, 5) is 23.2. The van der Waals surface area contributed by atoms with E-state index >= 15 is 0 Å². The van der Waals surface area contributed by atoms with Crippen molar-refractivity contribution in [2.75, 3.05) is 0 Å². The smallest absolute Gasteiger partial charge is 0.303 e. The number of aliphatic carboxylic acids is 1. The van der Waals surface area contributed by atoms with E-state index in [2.05, 4.69) is 5.32 Å². The van der Waals surface area contributed by atoms with Crippen molar-refractivity contribution in [3.63, 3.8) is 0 Å². The summed E-state index contributed by atoms with van der Waals surface area (Å²) in [6, 6.07) is 10.8. The van der Waals surface area contributed by atoms with Gasteiger partial charge in [0.2, 0.25) is 0 Å². The second kappa shape index (κ2) is 6.93. The van der Waals surface area contributed by atoms with Gasteiger partial charge in [-0.3, -0.25) is 9.59 Å². The number of carbonyl (C=O) groups is 2. The molecule has 2 N–H and O–H groups in total. The van der Waals surface area contributed by atoms with Crippen LogP contribution in [0, 0.1) is 13.8 Å². The molecule has 0 aliphatic rings. The quantitative estimate of drug-likeness (QED) is 0.858. The fourth-order valence-corrected chi connectivity index (χ4v) is 2.37. The topological polar surface area (TPSA) is 79.5 Å². The lowest BCUT2D eigenvalue weighted by Crippen LogP contribution is -2.29. The van der Waals surface area contributed by atoms with Gasteiger partial charge in [-0.1, -0.05) is 30.3 Å². The first-order valence-corrected chi connectivity index (χ1v) is 7.12. The summed E-state index contributed by atoms with van der Waals surface area (Å²) in [5, 5.41) is 11.7. The van der Waals surface area contributed by atoms with Crippen LogP contribution in [0.15, 0.2) is 40.8 Å². The van der Waals surface area contributed by atoms with Crippen molar-refractivity contribution in [1.82, 2.24) is 5.32 Å². The average Bonchev–Trinajstić information content (AvgIpc) is 2.83. The van der Waals surface area contributed by atoms with Crippen LogP contribution in [0.2, 0.25) is 0 Å². The molecule has 0 saturated carbocycles. The van der Waals surface area contributed by atoms with Gasteiger partial charge in [0.05, 0.1) is 6.04 Å². The van der Waals surface area contributed by atoms with E-state index in [1.807, 2.05) is 30.3 Å². The number of carboxylic acids is 1. The summed E-state index contributed by atoms with van der Waals surface area (Å²) in [6.07, 6.45) is 0.305. The molecule has 0 aliphatic carbocycles. The van der Waals surface area contributed by atoms with Crippen LogP contribution in [0.1, 0.15) is 46.3 Å². The summed E-state index contributed by atoms with van der Waals surface area (Å²) in [6.45, 7) is 3.59. The van der Waals surface area contributed by atoms with E-state index in [9.17, 15) is 9.59 Å².